The zero-order valence-electron chi connectivity index (χ0n) is 6.74. The largest absolute Gasteiger partial charge is 0.399 e. The molecule has 0 radical (unpaired) electrons. The van der Waals surface area contributed by atoms with Crippen LogP contribution in [0.4, 0.5) is 5.69 Å². The highest BCUT2D eigenvalue weighted by Crippen LogP contribution is 2.10. The summed E-state index contributed by atoms with van der Waals surface area (Å²) in [6.07, 6.45) is 0.484. The Labute approximate surface area is 75.8 Å². The fraction of sp³-hybridized carbons (Fsp3) is 0. The van der Waals surface area contributed by atoms with E-state index in [2.05, 4.69) is 11.8 Å². The molecular weight excluding hydrogens is 164 g/mol. The van der Waals surface area contributed by atoms with Crippen LogP contribution in [-0.4, -0.2) is 6.29 Å². The number of carbonyl (C=O) groups excluding carboxylic acids is 1. The van der Waals surface area contributed by atoms with E-state index in [1.165, 1.54) is 6.07 Å². The van der Waals surface area contributed by atoms with Gasteiger partial charge in [0.1, 0.15) is 6.07 Å². The van der Waals surface area contributed by atoms with Gasteiger partial charge in [-0.3, -0.25) is 4.79 Å². The summed E-state index contributed by atoms with van der Waals surface area (Å²) in [6, 6.07) is 6.72. The molecule has 2 N–H and O–H groups in total. The third-order valence-electron chi connectivity index (χ3n) is 1.43. The number of hydrogen-bond acceptors (Lipinski definition) is 3. The lowest BCUT2D eigenvalue weighted by Gasteiger charge is -1.95. The van der Waals surface area contributed by atoms with E-state index in [9.17, 15) is 4.79 Å². The predicted molar refractivity (Wildman–Crippen MR) is 48.5 cm³/mol. The van der Waals surface area contributed by atoms with Gasteiger partial charge in [-0.1, -0.05) is 5.92 Å². The Kier molecular flexibility index (Phi) is 2.68. The molecule has 0 amide bonds. The van der Waals surface area contributed by atoms with Crippen molar-refractivity contribution in [1.82, 2.24) is 0 Å². The lowest BCUT2D eigenvalue weighted by atomic mass is 10.1. The maximum Gasteiger partial charge on any atom is 0.193 e. The van der Waals surface area contributed by atoms with Crippen LogP contribution < -0.4 is 5.73 Å². The molecule has 0 aliphatic rings. The summed E-state index contributed by atoms with van der Waals surface area (Å²) in [4.78, 5) is 9.96. The SMILES string of the molecule is N#Cc1cc(N)ccc1C#CC=O. The fourth-order valence-electron chi connectivity index (χ4n) is 0.871. The molecular formula is C10H6N2O. The van der Waals surface area contributed by atoms with Gasteiger partial charge < -0.3 is 5.73 Å². The van der Waals surface area contributed by atoms with Gasteiger partial charge in [0.2, 0.25) is 0 Å². The van der Waals surface area contributed by atoms with E-state index in [4.69, 9.17) is 11.0 Å². The molecule has 0 aromatic heterocycles. The van der Waals surface area contributed by atoms with E-state index in [-0.39, 0.29) is 0 Å². The third kappa shape index (κ3) is 2.08. The van der Waals surface area contributed by atoms with Crippen molar-refractivity contribution in [3.05, 3.63) is 29.3 Å². The zero-order chi connectivity index (χ0) is 9.68. The Morgan fingerprint density at radius 3 is 2.77 bits per heavy atom. The standard InChI is InChI=1S/C10H6N2O/c11-7-9-6-10(12)4-3-8(9)2-1-5-13/h3-6H,12H2. The van der Waals surface area contributed by atoms with E-state index in [1.807, 2.05) is 6.07 Å². The Balaban J connectivity index is 3.23. The van der Waals surface area contributed by atoms with Gasteiger partial charge in [-0.25, -0.2) is 0 Å². The van der Waals surface area contributed by atoms with Crippen LogP contribution in [0.2, 0.25) is 0 Å². The summed E-state index contributed by atoms with van der Waals surface area (Å²) in [5.41, 5.74) is 6.87. The Morgan fingerprint density at radius 2 is 2.15 bits per heavy atom. The number of hydrogen-bond donors (Lipinski definition) is 1. The molecule has 1 aromatic carbocycles. The number of rotatable bonds is 0. The van der Waals surface area contributed by atoms with E-state index in [0.29, 0.717) is 23.1 Å². The smallest absolute Gasteiger partial charge is 0.193 e. The molecule has 0 aliphatic heterocycles. The number of nitriles is 1. The van der Waals surface area contributed by atoms with Crippen LogP contribution in [0.25, 0.3) is 0 Å². The number of nitrogens with zero attached hydrogens (tertiary/aromatic N) is 1. The van der Waals surface area contributed by atoms with E-state index < -0.39 is 0 Å². The number of benzene rings is 1. The molecule has 0 spiro atoms. The average molecular weight is 170 g/mol. The zero-order valence-corrected chi connectivity index (χ0v) is 6.74. The van der Waals surface area contributed by atoms with Gasteiger partial charge in [0.15, 0.2) is 6.29 Å². The van der Waals surface area contributed by atoms with Crippen LogP contribution in [0.5, 0.6) is 0 Å². The molecule has 0 atom stereocenters. The van der Waals surface area contributed by atoms with Crippen LogP contribution in [0, 0.1) is 23.2 Å². The lowest BCUT2D eigenvalue weighted by molar-refractivity contribution is -0.103. The molecule has 0 heterocycles. The minimum atomic E-state index is 0.384. The molecule has 3 nitrogen and oxygen atoms in total. The Bertz CT molecular complexity index is 432. The quantitative estimate of drug-likeness (QED) is 0.354. The number of aldehydes is 1. The monoisotopic (exact) mass is 170 g/mol. The summed E-state index contributed by atoms with van der Waals surface area (Å²) in [6.45, 7) is 0. The van der Waals surface area contributed by atoms with Crippen LogP contribution >= 0.6 is 0 Å². The van der Waals surface area contributed by atoms with Gasteiger partial charge in [0.25, 0.3) is 0 Å². The molecule has 62 valence electrons. The first-order valence-corrected chi connectivity index (χ1v) is 3.52. The summed E-state index contributed by atoms with van der Waals surface area (Å²) in [7, 11) is 0. The van der Waals surface area contributed by atoms with Gasteiger partial charge >= 0.3 is 0 Å². The molecule has 0 saturated heterocycles. The highest BCUT2D eigenvalue weighted by atomic mass is 16.1. The third-order valence-corrected chi connectivity index (χ3v) is 1.43. The second-order valence-electron chi connectivity index (χ2n) is 2.30. The summed E-state index contributed by atoms with van der Waals surface area (Å²) < 4.78 is 0. The van der Waals surface area contributed by atoms with E-state index in [0.717, 1.165) is 0 Å². The normalized spacial score (nSPS) is 7.92. The molecule has 1 aromatic rings. The van der Waals surface area contributed by atoms with Crippen molar-refractivity contribution < 1.29 is 4.79 Å². The maximum absolute atomic E-state index is 9.96. The molecule has 0 unspecified atom stereocenters. The average Bonchev–Trinajstić information content (AvgIpc) is 2.16. The molecule has 1 rings (SSSR count). The van der Waals surface area contributed by atoms with Crippen molar-refractivity contribution in [2.45, 2.75) is 0 Å². The maximum atomic E-state index is 9.96. The summed E-state index contributed by atoms with van der Waals surface area (Å²) in [5.74, 6) is 4.78. The molecule has 13 heavy (non-hydrogen) atoms. The highest BCUT2D eigenvalue weighted by Gasteiger charge is 1.98. The Hall–Kier alpha value is -2.26. The molecule has 3 heteroatoms. The van der Waals surface area contributed by atoms with Gasteiger partial charge in [-0.05, 0) is 24.1 Å². The fourth-order valence-corrected chi connectivity index (χ4v) is 0.871. The van der Waals surface area contributed by atoms with Crippen LogP contribution in [0.3, 0.4) is 0 Å². The molecule has 0 fully saturated rings. The number of carbonyl (C=O) groups is 1. The Morgan fingerprint density at radius 1 is 1.38 bits per heavy atom. The van der Waals surface area contributed by atoms with Gasteiger partial charge in [-0.15, -0.1) is 0 Å². The second kappa shape index (κ2) is 3.94. The van der Waals surface area contributed by atoms with Gasteiger partial charge in [0, 0.05) is 11.3 Å². The predicted octanol–water partition coefficient (Wildman–Crippen LogP) is 0.691. The van der Waals surface area contributed by atoms with Gasteiger partial charge in [-0.2, -0.15) is 5.26 Å². The minimum Gasteiger partial charge on any atom is -0.399 e. The van der Waals surface area contributed by atoms with Crippen molar-refractivity contribution in [2.75, 3.05) is 5.73 Å². The van der Waals surface area contributed by atoms with Crippen LogP contribution in [0.1, 0.15) is 11.1 Å². The van der Waals surface area contributed by atoms with E-state index >= 15 is 0 Å². The van der Waals surface area contributed by atoms with Crippen molar-refractivity contribution in [1.29, 1.82) is 5.26 Å². The lowest BCUT2D eigenvalue weighted by Crippen LogP contribution is -1.89. The van der Waals surface area contributed by atoms with Gasteiger partial charge in [0.05, 0.1) is 5.56 Å². The van der Waals surface area contributed by atoms with Crippen molar-refractivity contribution in [3.8, 4) is 17.9 Å². The van der Waals surface area contributed by atoms with Crippen molar-refractivity contribution >= 4 is 12.0 Å². The molecule has 0 bridgehead atoms. The first-order chi connectivity index (χ1) is 6.27. The summed E-state index contributed by atoms with van der Waals surface area (Å²) >= 11 is 0. The molecule has 0 aliphatic carbocycles. The van der Waals surface area contributed by atoms with Crippen LogP contribution in [0.15, 0.2) is 18.2 Å². The van der Waals surface area contributed by atoms with Crippen LogP contribution in [-0.2, 0) is 4.79 Å². The number of nitrogen functional groups attached to an aromatic ring is 1. The van der Waals surface area contributed by atoms with E-state index in [1.54, 1.807) is 12.1 Å². The van der Waals surface area contributed by atoms with Crippen molar-refractivity contribution in [3.63, 3.8) is 0 Å². The topological polar surface area (TPSA) is 66.9 Å². The van der Waals surface area contributed by atoms with Crippen molar-refractivity contribution in [2.24, 2.45) is 0 Å². The highest BCUT2D eigenvalue weighted by molar-refractivity contribution is 5.74. The number of nitrogens with two attached hydrogens (primary N) is 1. The second-order valence-corrected chi connectivity index (χ2v) is 2.30. The first-order valence-electron chi connectivity index (χ1n) is 3.52. The summed E-state index contributed by atoms with van der Waals surface area (Å²) in [5, 5.41) is 8.68. The minimum absolute atomic E-state index is 0.384. The first kappa shape index (κ1) is 8.83. The number of anilines is 1. The molecule has 0 saturated carbocycles.